The second-order valence-electron chi connectivity index (χ2n) is 5.12. The summed E-state index contributed by atoms with van der Waals surface area (Å²) in [6.07, 6.45) is 0. The standard InChI is InChI=1S/C16H13NO6S2/c1-10(18)17-9-13-5-7-16(24-13)25(20,21)23-12-4-2-11-3-6-15(19)22-14(11)8-12/h2-8H,9H2,1H3,(H,17,18). The van der Waals surface area contributed by atoms with Crippen molar-refractivity contribution < 1.29 is 21.8 Å². The summed E-state index contributed by atoms with van der Waals surface area (Å²) in [5.74, 6) is -0.162. The predicted octanol–water partition coefficient (Wildman–Crippen LogP) is 2.26. The lowest BCUT2D eigenvalue weighted by Crippen LogP contribution is -2.18. The maximum absolute atomic E-state index is 12.4. The van der Waals surface area contributed by atoms with Gasteiger partial charge in [0, 0.05) is 29.3 Å². The molecule has 0 saturated heterocycles. The summed E-state index contributed by atoms with van der Waals surface area (Å²) < 4.78 is 34.9. The van der Waals surface area contributed by atoms with Crippen molar-refractivity contribution in [2.45, 2.75) is 17.7 Å². The molecule has 2 heterocycles. The van der Waals surface area contributed by atoms with Gasteiger partial charge in [-0.25, -0.2) is 4.79 Å². The van der Waals surface area contributed by atoms with Gasteiger partial charge in [0.1, 0.15) is 11.3 Å². The number of carbonyl (C=O) groups excluding carboxylic acids is 1. The largest absolute Gasteiger partial charge is 0.423 e. The first-order chi connectivity index (χ1) is 11.8. The highest BCUT2D eigenvalue weighted by atomic mass is 32.3. The van der Waals surface area contributed by atoms with Crippen LogP contribution >= 0.6 is 11.3 Å². The van der Waals surface area contributed by atoms with Crippen LogP contribution in [0.25, 0.3) is 11.0 Å². The van der Waals surface area contributed by atoms with Crippen molar-refractivity contribution in [2.24, 2.45) is 0 Å². The van der Waals surface area contributed by atoms with Gasteiger partial charge in [0.2, 0.25) is 5.91 Å². The van der Waals surface area contributed by atoms with Crippen LogP contribution in [-0.4, -0.2) is 14.3 Å². The topological polar surface area (TPSA) is 103 Å². The smallest absolute Gasteiger partial charge is 0.348 e. The number of hydrogen-bond donors (Lipinski definition) is 1. The molecule has 130 valence electrons. The molecule has 2 aromatic heterocycles. The molecule has 0 radical (unpaired) electrons. The first-order valence-electron chi connectivity index (χ1n) is 7.15. The van der Waals surface area contributed by atoms with Crippen LogP contribution in [0.15, 0.2) is 55.9 Å². The minimum absolute atomic E-state index is 0.0162. The van der Waals surface area contributed by atoms with E-state index in [1.807, 2.05) is 0 Å². The van der Waals surface area contributed by atoms with Crippen LogP contribution in [0.3, 0.4) is 0 Å². The highest BCUT2D eigenvalue weighted by Gasteiger charge is 2.20. The van der Waals surface area contributed by atoms with Gasteiger partial charge in [0.05, 0.1) is 6.54 Å². The third kappa shape index (κ3) is 4.06. The van der Waals surface area contributed by atoms with Gasteiger partial charge in [0.15, 0.2) is 4.21 Å². The Hall–Kier alpha value is -2.65. The van der Waals surface area contributed by atoms with Crippen LogP contribution in [0, 0.1) is 0 Å². The molecule has 3 rings (SSSR count). The lowest BCUT2D eigenvalue weighted by atomic mass is 10.2. The number of hydrogen-bond acceptors (Lipinski definition) is 7. The Morgan fingerprint density at radius 3 is 2.72 bits per heavy atom. The molecule has 1 amide bonds. The van der Waals surface area contributed by atoms with Gasteiger partial charge < -0.3 is 13.9 Å². The summed E-state index contributed by atoms with van der Waals surface area (Å²) >= 11 is 1.01. The van der Waals surface area contributed by atoms with Gasteiger partial charge in [-0.05, 0) is 30.3 Å². The first-order valence-corrected chi connectivity index (χ1v) is 9.37. The fourth-order valence-corrected chi connectivity index (χ4v) is 4.24. The van der Waals surface area contributed by atoms with Crippen LogP contribution in [0.4, 0.5) is 0 Å². The Morgan fingerprint density at radius 2 is 1.96 bits per heavy atom. The normalized spacial score (nSPS) is 11.4. The fraction of sp³-hybridized carbons (Fsp3) is 0.125. The van der Waals surface area contributed by atoms with E-state index in [0.717, 1.165) is 11.3 Å². The van der Waals surface area contributed by atoms with E-state index in [1.165, 1.54) is 31.2 Å². The fourth-order valence-electron chi connectivity index (χ4n) is 2.06. The Kier molecular flexibility index (Phi) is 4.60. The van der Waals surface area contributed by atoms with E-state index in [0.29, 0.717) is 10.3 Å². The van der Waals surface area contributed by atoms with Crippen LogP contribution in [0.5, 0.6) is 5.75 Å². The summed E-state index contributed by atoms with van der Waals surface area (Å²) in [6.45, 7) is 1.63. The molecule has 0 aliphatic rings. The average molecular weight is 379 g/mol. The molecule has 0 bridgehead atoms. The third-order valence-electron chi connectivity index (χ3n) is 3.20. The molecular weight excluding hydrogens is 366 g/mol. The molecule has 0 spiro atoms. The van der Waals surface area contributed by atoms with Crippen LogP contribution < -0.4 is 15.1 Å². The van der Waals surface area contributed by atoms with E-state index < -0.39 is 15.7 Å². The van der Waals surface area contributed by atoms with Crippen molar-refractivity contribution in [1.29, 1.82) is 0 Å². The molecule has 0 aliphatic heterocycles. The van der Waals surface area contributed by atoms with Crippen molar-refractivity contribution >= 4 is 38.3 Å². The molecule has 1 aromatic carbocycles. The summed E-state index contributed by atoms with van der Waals surface area (Å²) in [7, 11) is -4.02. The summed E-state index contributed by atoms with van der Waals surface area (Å²) in [4.78, 5) is 22.9. The minimum Gasteiger partial charge on any atom is -0.423 e. The van der Waals surface area contributed by atoms with E-state index in [4.69, 9.17) is 8.60 Å². The molecular formula is C16H13NO6S2. The lowest BCUT2D eigenvalue weighted by Gasteiger charge is -2.05. The lowest BCUT2D eigenvalue weighted by molar-refractivity contribution is -0.119. The number of benzene rings is 1. The SMILES string of the molecule is CC(=O)NCc1ccc(S(=O)(=O)Oc2ccc3ccc(=O)oc3c2)s1. The van der Waals surface area contributed by atoms with Crippen molar-refractivity contribution in [3.8, 4) is 5.75 Å². The van der Waals surface area contributed by atoms with E-state index in [2.05, 4.69) is 5.32 Å². The molecule has 0 aliphatic carbocycles. The van der Waals surface area contributed by atoms with Crippen LogP contribution in [0.1, 0.15) is 11.8 Å². The summed E-state index contributed by atoms with van der Waals surface area (Å²) in [5.41, 5.74) is -0.300. The minimum atomic E-state index is -4.02. The summed E-state index contributed by atoms with van der Waals surface area (Å²) in [5, 5.41) is 3.25. The molecule has 3 aromatic rings. The number of carbonyl (C=O) groups is 1. The third-order valence-corrected chi connectivity index (χ3v) is 5.98. The Morgan fingerprint density at radius 1 is 1.20 bits per heavy atom. The molecule has 25 heavy (non-hydrogen) atoms. The van der Waals surface area contributed by atoms with Gasteiger partial charge in [-0.2, -0.15) is 8.42 Å². The first kappa shape index (κ1) is 17.2. The highest BCUT2D eigenvalue weighted by molar-refractivity contribution is 7.89. The van der Waals surface area contributed by atoms with Crippen molar-refractivity contribution in [2.75, 3.05) is 0 Å². The molecule has 7 nitrogen and oxygen atoms in total. The second-order valence-corrected chi connectivity index (χ2v) is 8.06. The Labute approximate surface area is 147 Å². The van der Waals surface area contributed by atoms with Crippen molar-refractivity contribution in [3.63, 3.8) is 0 Å². The second kappa shape index (κ2) is 6.69. The maximum atomic E-state index is 12.4. The van der Waals surface area contributed by atoms with Gasteiger partial charge in [-0.1, -0.05) is 0 Å². The van der Waals surface area contributed by atoms with Crippen LogP contribution in [-0.2, 0) is 21.5 Å². The van der Waals surface area contributed by atoms with Gasteiger partial charge in [0.25, 0.3) is 0 Å². The number of amides is 1. The molecule has 0 atom stereocenters. The number of fused-ring (bicyclic) bond motifs is 1. The molecule has 9 heteroatoms. The number of rotatable bonds is 5. The van der Waals surface area contributed by atoms with E-state index in [-0.39, 0.29) is 28.0 Å². The molecule has 1 N–H and O–H groups in total. The number of nitrogens with one attached hydrogen (secondary N) is 1. The van der Waals surface area contributed by atoms with E-state index in [1.54, 1.807) is 18.2 Å². The quantitative estimate of drug-likeness (QED) is 0.539. The zero-order chi connectivity index (χ0) is 18.0. The Balaban J connectivity index is 1.83. The zero-order valence-corrected chi connectivity index (χ0v) is 14.6. The van der Waals surface area contributed by atoms with E-state index in [9.17, 15) is 18.0 Å². The molecule has 0 unspecified atom stereocenters. The van der Waals surface area contributed by atoms with Crippen LogP contribution in [0.2, 0.25) is 0 Å². The van der Waals surface area contributed by atoms with Gasteiger partial charge >= 0.3 is 15.7 Å². The summed E-state index contributed by atoms with van der Waals surface area (Å²) in [6, 6.07) is 10.3. The molecule has 0 saturated carbocycles. The highest BCUT2D eigenvalue weighted by Crippen LogP contribution is 2.27. The monoisotopic (exact) mass is 379 g/mol. The van der Waals surface area contributed by atoms with Crippen molar-refractivity contribution in [1.82, 2.24) is 5.32 Å². The average Bonchev–Trinajstić information content (AvgIpc) is 3.02. The van der Waals surface area contributed by atoms with Gasteiger partial charge in [-0.3, -0.25) is 4.79 Å². The molecule has 0 fully saturated rings. The Bertz CT molecular complexity index is 1100. The maximum Gasteiger partial charge on any atom is 0.348 e. The number of thiophene rings is 1. The van der Waals surface area contributed by atoms with E-state index >= 15 is 0 Å². The zero-order valence-electron chi connectivity index (χ0n) is 13.0. The predicted molar refractivity (Wildman–Crippen MR) is 92.1 cm³/mol. The van der Waals surface area contributed by atoms with Crippen molar-refractivity contribution in [3.05, 3.63) is 57.8 Å². The van der Waals surface area contributed by atoms with Gasteiger partial charge in [-0.15, -0.1) is 11.3 Å².